The van der Waals surface area contributed by atoms with Gasteiger partial charge in [0, 0.05) is 19.1 Å². The summed E-state index contributed by atoms with van der Waals surface area (Å²) in [6, 6.07) is 6.20. The molecule has 1 aromatic carbocycles. The van der Waals surface area contributed by atoms with Crippen molar-refractivity contribution in [3.63, 3.8) is 0 Å². The lowest BCUT2D eigenvalue weighted by atomic mass is 10.2. The van der Waals surface area contributed by atoms with E-state index in [9.17, 15) is 13.2 Å². The minimum atomic E-state index is -3.51. The molecule has 0 radical (unpaired) electrons. The van der Waals surface area contributed by atoms with Crippen molar-refractivity contribution in [2.45, 2.75) is 31.2 Å². The van der Waals surface area contributed by atoms with Crippen LogP contribution in [-0.4, -0.2) is 57.6 Å². The molecule has 0 spiro atoms. The van der Waals surface area contributed by atoms with Gasteiger partial charge in [0.1, 0.15) is 5.75 Å². The highest BCUT2D eigenvalue weighted by molar-refractivity contribution is 7.89. The Balaban J connectivity index is 1.94. The van der Waals surface area contributed by atoms with E-state index in [1.807, 2.05) is 13.8 Å². The van der Waals surface area contributed by atoms with Crippen LogP contribution in [0, 0.1) is 0 Å². The van der Waals surface area contributed by atoms with Gasteiger partial charge in [-0.05, 0) is 37.6 Å². The number of ether oxygens (including phenoxy) is 2. The maximum Gasteiger partial charge on any atom is 0.258 e. The number of nitrogens with zero attached hydrogens (tertiary/aromatic N) is 1. The minimum Gasteiger partial charge on any atom is -0.484 e. The van der Waals surface area contributed by atoms with Crippen LogP contribution in [0.5, 0.6) is 5.75 Å². The molecule has 1 fully saturated rings. The van der Waals surface area contributed by atoms with Gasteiger partial charge in [-0.25, -0.2) is 8.42 Å². The van der Waals surface area contributed by atoms with Gasteiger partial charge in [-0.1, -0.05) is 6.92 Å². The molecule has 0 unspecified atom stereocenters. The first-order valence-electron chi connectivity index (χ1n) is 8.03. The number of sulfonamides is 1. The second-order valence-corrected chi connectivity index (χ2v) is 7.59. The van der Waals surface area contributed by atoms with Gasteiger partial charge >= 0.3 is 0 Å². The first kappa shape index (κ1) is 18.7. The molecule has 1 amide bonds. The molecule has 2 rings (SSSR count). The number of rotatable bonds is 7. The Kier molecular flexibility index (Phi) is 6.59. The number of hydrogen-bond donors (Lipinski definition) is 1. The Bertz CT molecular complexity index is 639. The molecule has 1 aliphatic rings. The van der Waals surface area contributed by atoms with Crippen molar-refractivity contribution in [3.05, 3.63) is 24.3 Å². The molecule has 0 bridgehead atoms. The van der Waals surface area contributed by atoms with E-state index >= 15 is 0 Å². The van der Waals surface area contributed by atoms with Gasteiger partial charge in [-0.2, -0.15) is 4.31 Å². The maximum absolute atomic E-state index is 12.5. The van der Waals surface area contributed by atoms with Crippen LogP contribution in [-0.2, 0) is 19.6 Å². The smallest absolute Gasteiger partial charge is 0.258 e. The second kappa shape index (κ2) is 8.46. The van der Waals surface area contributed by atoms with Crippen molar-refractivity contribution >= 4 is 15.9 Å². The van der Waals surface area contributed by atoms with Gasteiger partial charge in [-0.15, -0.1) is 0 Å². The van der Waals surface area contributed by atoms with Crippen molar-refractivity contribution in [3.8, 4) is 5.75 Å². The zero-order chi connectivity index (χ0) is 17.6. The highest BCUT2D eigenvalue weighted by atomic mass is 32.2. The fourth-order valence-corrected chi connectivity index (χ4v) is 3.62. The molecule has 1 atom stereocenters. The summed E-state index contributed by atoms with van der Waals surface area (Å²) in [5.74, 6) is 0.254. The summed E-state index contributed by atoms with van der Waals surface area (Å²) in [5.41, 5.74) is 0. The standard InChI is InChI=1S/C16H24N2O5S/c1-3-13(2)17-16(19)12-23-14-4-6-15(7-5-14)24(20,21)18-8-10-22-11-9-18/h4-7,13H,3,8-12H2,1-2H3,(H,17,19)/t13-/m0/s1. The third-order valence-electron chi connectivity index (χ3n) is 3.82. The summed E-state index contributed by atoms with van der Waals surface area (Å²) < 4.78 is 36.9. The van der Waals surface area contributed by atoms with Crippen molar-refractivity contribution in [2.24, 2.45) is 0 Å². The fourth-order valence-electron chi connectivity index (χ4n) is 2.21. The van der Waals surface area contributed by atoms with Crippen LogP contribution in [0.3, 0.4) is 0 Å². The summed E-state index contributed by atoms with van der Waals surface area (Å²) in [6.45, 7) is 5.34. The molecule has 1 heterocycles. The Morgan fingerprint density at radius 2 is 1.92 bits per heavy atom. The van der Waals surface area contributed by atoms with Crippen LogP contribution in [0.2, 0.25) is 0 Å². The van der Waals surface area contributed by atoms with Crippen molar-refractivity contribution in [1.29, 1.82) is 0 Å². The molecule has 0 saturated carbocycles. The molecule has 7 nitrogen and oxygen atoms in total. The zero-order valence-corrected chi connectivity index (χ0v) is 14.8. The van der Waals surface area contributed by atoms with E-state index in [1.165, 1.54) is 16.4 Å². The summed E-state index contributed by atoms with van der Waals surface area (Å²) in [5, 5.41) is 2.80. The molecule has 1 N–H and O–H groups in total. The Morgan fingerprint density at radius 1 is 1.29 bits per heavy atom. The second-order valence-electron chi connectivity index (χ2n) is 5.65. The highest BCUT2D eigenvalue weighted by Gasteiger charge is 2.26. The van der Waals surface area contributed by atoms with Crippen LogP contribution < -0.4 is 10.1 Å². The quantitative estimate of drug-likeness (QED) is 0.788. The molecule has 0 aliphatic carbocycles. The SMILES string of the molecule is CC[C@H](C)NC(=O)COc1ccc(S(=O)(=O)N2CCOCC2)cc1. The lowest BCUT2D eigenvalue weighted by Gasteiger charge is -2.26. The van der Waals surface area contributed by atoms with Gasteiger partial charge in [0.25, 0.3) is 5.91 Å². The van der Waals surface area contributed by atoms with E-state index in [-0.39, 0.29) is 23.5 Å². The first-order chi connectivity index (χ1) is 11.4. The molecule has 1 aliphatic heterocycles. The van der Waals surface area contributed by atoms with Gasteiger partial charge < -0.3 is 14.8 Å². The molecule has 8 heteroatoms. The molecule has 134 valence electrons. The number of carbonyl (C=O) groups is 1. The fraction of sp³-hybridized carbons (Fsp3) is 0.562. The monoisotopic (exact) mass is 356 g/mol. The lowest BCUT2D eigenvalue weighted by Crippen LogP contribution is -2.40. The van der Waals surface area contributed by atoms with E-state index in [4.69, 9.17) is 9.47 Å². The first-order valence-corrected chi connectivity index (χ1v) is 9.47. The molecule has 1 saturated heterocycles. The van der Waals surface area contributed by atoms with Crippen LogP contribution in [0.25, 0.3) is 0 Å². The van der Waals surface area contributed by atoms with E-state index in [2.05, 4.69) is 5.32 Å². The van der Waals surface area contributed by atoms with E-state index in [0.717, 1.165) is 6.42 Å². The summed E-state index contributed by atoms with van der Waals surface area (Å²) in [7, 11) is -3.51. The Labute approximate surface area is 143 Å². The van der Waals surface area contributed by atoms with Gasteiger partial charge in [-0.3, -0.25) is 4.79 Å². The zero-order valence-electron chi connectivity index (χ0n) is 14.0. The van der Waals surface area contributed by atoms with Crippen molar-refractivity contribution in [1.82, 2.24) is 9.62 Å². The van der Waals surface area contributed by atoms with Crippen LogP contribution >= 0.6 is 0 Å². The van der Waals surface area contributed by atoms with Crippen molar-refractivity contribution in [2.75, 3.05) is 32.9 Å². The molecular weight excluding hydrogens is 332 g/mol. The summed E-state index contributed by atoms with van der Waals surface area (Å²) in [6.07, 6.45) is 0.847. The van der Waals surface area contributed by atoms with Crippen molar-refractivity contribution < 1.29 is 22.7 Å². The topological polar surface area (TPSA) is 84.9 Å². The van der Waals surface area contributed by atoms with Gasteiger partial charge in [0.2, 0.25) is 10.0 Å². The number of morpholine rings is 1. The van der Waals surface area contributed by atoms with Crippen LogP contribution in [0.1, 0.15) is 20.3 Å². The largest absolute Gasteiger partial charge is 0.484 e. The third kappa shape index (κ3) is 4.93. The lowest BCUT2D eigenvalue weighted by molar-refractivity contribution is -0.123. The third-order valence-corrected chi connectivity index (χ3v) is 5.73. The average molecular weight is 356 g/mol. The van der Waals surface area contributed by atoms with E-state index in [0.29, 0.717) is 32.1 Å². The molecule has 1 aromatic rings. The Morgan fingerprint density at radius 3 is 2.50 bits per heavy atom. The summed E-state index contributed by atoms with van der Waals surface area (Å²) >= 11 is 0. The average Bonchev–Trinajstić information content (AvgIpc) is 2.61. The van der Waals surface area contributed by atoms with Gasteiger partial charge in [0.05, 0.1) is 18.1 Å². The Hall–Kier alpha value is -1.64. The molecule has 0 aromatic heterocycles. The molecular formula is C16H24N2O5S. The predicted molar refractivity (Wildman–Crippen MR) is 89.4 cm³/mol. The number of benzene rings is 1. The minimum absolute atomic E-state index is 0.0973. The molecule has 24 heavy (non-hydrogen) atoms. The van der Waals surface area contributed by atoms with Crippen LogP contribution in [0.4, 0.5) is 0 Å². The highest BCUT2D eigenvalue weighted by Crippen LogP contribution is 2.20. The maximum atomic E-state index is 12.5. The number of carbonyl (C=O) groups excluding carboxylic acids is 1. The number of hydrogen-bond acceptors (Lipinski definition) is 5. The predicted octanol–water partition coefficient (Wildman–Crippen LogP) is 1.00. The van der Waals surface area contributed by atoms with Crippen LogP contribution in [0.15, 0.2) is 29.2 Å². The number of amides is 1. The van der Waals surface area contributed by atoms with E-state index < -0.39 is 10.0 Å². The number of nitrogens with one attached hydrogen (secondary N) is 1. The van der Waals surface area contributed by atoms with Gasteiger partial charge in [0.15, 0.2) is 6.61 Å². The normalized spacial score (nSPS) is 17.2. The summed E-state index contributed by atoms with van der Waals surface area (Å²) in [4.78, 5) is 11.9. The van der Waals surface area contributed by atoms with E-state index in [1.54, 1.807) is 12.1 Å².